The Balaban J connectivity index is 1.07. The molecule has 3 aromatic carbocycles. The maximum absolute atomic E-state index is 12.3. The normalized spacial score (nSPS) is 29.0. The molecule has 1 heterocycles. The van der Waals surface area contributed by atoms with E-state index in [1.165, 1.54) is 44.1 Å². The predicted octanol–water partition coefficient (Wildman–Crippen LogP) is 7.11. The smallest absolute Gasteiger partial charge is 0.285 e. The van der Waals surface area contributed by atoms with Crippen molar-refractivity contribution in [3.8, 4) is 0 Å². The second kappa shape index (κ2) is 8.09. The van der Waals surface area contributed by atoms with Crippen LogP contribution in [0.4, 0.5) is 17.1 Å². The van der Waals surface area contributed by atoms with Gasteiger partial charge in [-0.05, 0) is 116 Å². The molecule has 4 aliphatic carbocycles. The molecule has 0 aromatic heterocycles. The summed E-state index contributed by atoms with van der Waals surface area (Å²) in [5.74, 6) is 3.06. The van der Waals surface area contributed by atoms with Crippen molar-refractivity contribution in [3.05, 3.63) is 82.9 Å². The maximum Gasteiger partial charge on any atom is 0.285 e. The van der Waals surface area contributed by atoms with Crippen LogP contribution in [0.5, 0.6) is 0 Å². The molecule has 4 fully saturated rings. The Morgan fingerprint density at radius 3 is 2.06 bits per heavy atom. The van der Waals surface area contributed by atoms with Crippen LogP contribution in [-0.2, 0) is 15.4 Å². The highest BCUT2D eigenvalue weighted by Gasteiger charge is 2.51. The summed E-state index contributed by atoms with van der Waals surface area (Å²) in [4.78, 5) is 0.234. The molecule has 5 aliphatic rings. The van der Waals surface area contributed by atoms with Crippen molar-refractivity contribution in [2.75, 3.05) is 10.6 Å². The Kier molecular flexibility index (Phi) is 5.03. The lowest BCUT2D eigenvalue weighted by molar-refractivity contribution is -0.00517. The molecule has 3 aromatic rings. The zero-order chi connectivity index (χ0) is 24.5. The number of sulfonamides is 1. The minimum Gasteiger partial charge on any atom is -0.354 e. The van der Waals surface area contributed by atoms with Crippen LogP contribution in [0, 0.1) is 17.8 Å². The third-order valence-corrected chi connectivity index (χ3v) is 10.3. The average Bonchev–Trinajstić information content (AvgIpc) is 3.10. The lowest BCUT2D eigenvalue weighted by atomic mass is 9.48. The molecular weight excluding hydrogens is 490 g/mol. The average molecular weight is 518 g/mol. The molecule has 184 valence electrons. The van der Waals surface area contributed by atoms with Crippen LogP contribution in [0.25, 0.3) is 0 Å². The SMILES string of the molecule is O=S1(=O)N=C(Nc2ccc(Nc3ccc(C45CC6CC(CC(C6)C4)C5)cc3Cl)cc2)c2ccccc21. The van der Waals surface area contributed by atoms with E-state index >= 15 is 0 Å². The van der Waals surface area contributed by atoms with Crippen molar-refractivity contribution < 1.29 is 8.42 Å². The van der Waals surface area contributed by atoms with E-state index in [-0.39, 0.29) is 4.90 Å². The van der Waals surface area contributed by atoms with Crippen LogP contribution in [0.15, 0.2) is 76.0 Å². The molecule has 4 bridgehead atoms. The lowest BCUT2D eigenvalue weighted by Crippen LogP contribution is -2.48. The molecule has 0 saturated heterocycles. The third kappa shape index (κ3) is 3.73. The van der Waals surface area contributed by atoms with Gasteiger partial charge in [0.15, 0.2) is 5.84 Å². The van der Waals surface area contributed by atoms with E-state index in [0.717, 1.165) is 39.8 Å². The summed E-state index contributed by atoms with van der Waals surface area (Å²) in [5, 5.41) is 7.34. The Morgan fingerprint density at radius 2 is 1.42 bits per heavy atom. The summed E-state index contributed by atoms with van der Waals surface area (Å²) in [5.41, 5.74) is 4.90. The minimum atomic E-state index is -3.65. The van der Waals surface area contributed by atoms with Gasteiger partial charge in [-0.1, -0.05) is 29.8 Å². The van der Waals surface area contributed by atoms with Gasteiger partial charge in [0.2, 0.25) is 0 Å². The standard InChI is InChI=1S/C29H28ClN3O2S/c30-25-14-21(29-15-18-11-19(16-29)13-20(12-18)17-29)5-10-26(25)31-22-6-8-23(9-7-22)32-28-24-3-1-2-4-27(24)36(34,35)33-28/h1-10,14,18-20,31H,11-13,15-17H2,(H,32,33). The van der Waals surface area contributed by atoms with E-state index < -0.39 is 10.0 Å². The third-order valence-electron chi connectivity index (χ3n) is 8.68. The predicted molar refractivity (Wildman–Crippen MR) is 145 cm³/mol. The topological polar surface area (TPSA) is 70.6 Å². The molecule has 5 nitrogen and oxygen atoms in total. The van der Waals surface area contributed by atoms with Crippen molar-refractivity contribution >= 4 is 44.5 Å². The number of nitrogens with one attached hydrogen (secondary N) is 2. The molecule has 0 unspecified atom stereocenters. The van der Waals surface area contributed by atoms with Crippen molar-refractivity contribution in [1.82, 2.24) is 0 Å². The fourth-order valence-electron chi connectivity index (χ4n) is 7.54. The van der Waals surface area contributed by atoms with E-state index in [4.69, 9.17) is 11.6 Å². The lowest BCUT2D eigenvalue weighted by Gasteiger charge is -2.57. The molecule has 8 rings (SSSR count). The van der Waals surface area contributed by atoms with Gasteiger partial charge in [0.25, 0.3) is 10.0 Å². The molecule has 0 atom stereocenters. The first-order valence-electron chi connectivity index (χ1n) is 12.8. The van der Waals surface area contributed by atoms with Crippen LogP contribution in [0.2, 0.25) is 5.02 Å². The highest BCUT2D eigenvalue weighted by atomic mass is 35.5. The van der Waals surface area contributed by atoms with Gasteiger partial charge < -0.3 is 10.6 Å². The summed E-state index contributed by atoms with van der Waals surface area (Å²) in [6, 6.07) is 21.1. The van der Waals surface area contributed by atoms with Gasteiger partial charge in [-0.25, -0.2) is 0 Å². The van der Waals surface area contributed by atoms with E-state index in [1.54, 1.807) is 18.2 Å². The molecule has 0 radical (unpaired) electrons. The van der Waals surface area contributed by atoms with Gasteiger partial charge in [0.1, 0.15) is 4.90 Å². The Morgan fingerprint density at radius 1 is 0.806 bits per heavy atom. The first-order valence-corrected chi connectivity index (χ1v) is 14.6. The maximum atomic E-state index is 12.3. The van der Waals surface area contributed by atoms with Crippen molar-refractivity contribution in [1.29, 1.82) is 0 Å². The number of hydrogen-bond acceptors (Lipinski definition) is 4. The fourth-order valence-corrected chi connectivity index (χ4v) is 8.94. The Bertz CT molecular complexity index is 1460. The summed E-state index contributed by atoms with van der Waals surface area (Å²) in [7, 11) is -3.65. The zero-order valence-electron chi connectivity index (χ0n) is 19.9. The number of amidine groups is 1. The summed E-state index contributed by atoms with van der Waals surface area (Å²) in [6.07, 6.45) is 8.29. The van der Waals surface area contributed by atoms with Crippen LogP contribution in [0.3, 0.4) is 0 Å². The Hall–Kier alpha value is -2.83. The first kappa shape index (κ1) is 22.4. The number of nitrogens with zero attached hydrogens (tertiary/aromatic N) is 1. The van der Waals surface area contributed by atoms with Crippen molar-refractivity contribution in [2.45, 2.75) is 48.8 Å². The molecule has 4 saturated carbocycles. The summed E-state index contributed by atoms with van der Waals surface area (Å²) < 4.78 is 28.5. The molecule has 0 spiro atoms. The van der Waals surface area contributed by atoms with Gasteiger partial charge in [-0.3, -0.25) is 0 Å². The molecular formula is C29H28ClN3O2S. The number of benzene rings is 3. The van der Waals surface area contributed by atoms with E-state index in [1.807, 2.05) is 30.3 Å². The monoisotopic (exact) mass is 517 g/mol. The highest BCUT2D eigenvalue weighted by molar-refractivity contribution is 7.90. The number of fused-ring (bicyclic) bond motifs is 1. The van der Waals surface area contributed by atoms with Gasteiger partial charge >= 0.3 is 0 Å². The van der Waals surface area contributed by atoms with E-state index in [9.17, 15) is 8.42 Å². The van der Waals surface area contributed by atoms with Gasteiger partial charge in [0, 0.05) is 16.9 Å². The van der Waals surface area contributed by atoms with Crippen LogP contribution >= 0.6 is 11.6 Å². The van der Waals surface area contributed by atoms with Gasteiger partial charge in [-0.2, -0.15) is 8.42 Å². The number of hydrogen-bond donors (Lipinski definition) is 2. The van der Waals surface area contributed by atoms with Crippen LogP contribution < -0.4 is 10.6 Å². The van der Waals surface area contributed by atoms with Crippen molar-refractivity contribution in [2.24, 2.45) is 22.2 Å². The number of anilines is 3. The molecule has 1 aliphatic heterocycles. The number of rotatable bonds is 4. The summed E-state index contributed by atoms with van der Waals surface area (Å²) in [6.45, 7) is 0. The number of halogens is 1. The second-order valence-electron chi connectivity index (χ2n) is 11.1. The zero-order valence-corrected chi connectivity index (χ0v) is 21.4. The Labute approximate surface area is 217 Å². The van der Waals surface area contributed by atoms with Gasteiger partial charge in [0.05, 0.1) is 10.7 Å². The molecule has 2 N–H and O–H groups in total. The van der Waals surface area contributed by atoms with Gasteiger partial charge in [-0.15, -0.1) is 4.40 Å². The first-order chi connectivity index (χ1) is 17.4. The molecule has 0 amide bonds. The minimum absolute atomic E-state index is 0.234. The molecule has 7 heteroatoms. The quantitative estimate of drug-likeness (QED) is 0.386. The van der Waals surface area contributed by atoms with Crippen molar-refractivity contribution in [3.63, 3.8) is 0 Å². The fraction of sp³-hybridized carbons (Fsp3) is 0.345. The largest absolute Gasteiger partial charge is 0.354 e. The van der Waals surface area contributed by atoms with E-state index in [2.05, 4.69) is 33.2 Å². The van der Waals surface area contributed by atoms with E-state index in [0.29, 0.717) is 16.8 Å². The summed E-state index contributed by atoms with van der Waals surface area (Å²) >= 11 is 6.79. The second-order valence-corrected chi connectivity index (χ2v) is 13.1. The van der Waals surface area contributed by atoms with Crippen LogP contribution in [0.1, 0.15) is 49.7 Å². The molecule has 36 heavy (non-hydrogen) atoms. The van der Waals surface area contributed by atoms with Crippen LogP contribution in [-0.4, -0.2) is 14.3 Å². The highest BCUT2D eigenvalue weighted by Crippen LogP contribution is 2.61.